The highest BCUT2D eigenvalue weighted by molar-refractivity contribution is 6.30. The van der Waals surface area contributed by atoms with Crippen molar-refractivity contribution in [3.63, 3.8) is 0 Å². The van der Waals surface area contributed by atoms with Gasteiger partial charge in [0.2, 0.25) is 5.96 Å². The Morgan fingerprint density at radius 3 is 2.67 bits per heavy atom. The Balaban J connectivity index is 1.44. The number of benzene rings is 2. The van der Waals surface area contributed by atoms with Gasteiger partial charge < -0.3 is 14.7 Å². The van der Waals surface area contributed by atoms with Crippen molar-refractivity contribution >= 4 is 35.2 Å². The van der Waals surface area contributed by atoms with Crippen LogP contribution in [0.3, 0.4) is 0 Å². The number of nitrogens with zero attached hydrogens (tertiary/aromatic N) is 5. The number of hydrogen-bond donors (Lipinski definition) is 0. The van der Waals surface area contributed by atoms with E-state index in [1.54, 1.807) is 24.1 Å². The van der Waals surface area contributed by atoms with Gasteiger partial charge >= 0.3 is 6.03 Å². The van der Waals surface area contributed by atoms with Gasteiger partial charge in [0.25, 0.3) is 5.91 Å². The van der Waals surface area contributed by atoms with Gasteiger partial charge in [-0.25, -0.2) is 9.79 Å². The molecule has 2 atom stereocenters. The number of fused-ring (bicyclic) bond motifs is 3. The average Bonchev–Trinajstić information content (AvgIpc) is 3.29. The number of imide groups is 1. The van der Waals surface area contributed by atoms with Gasteiger partial charge in [-0.1, -0.05) is 35.9 Å². The van der Waals surface area contributed by atoms with E-state index in [0.717, 1.165) is 29.3 Å². The predicted octanol–water partition coefficient (Wildman–Crippen LogP) is 2.93. The molecular formula is C22H22ClN5O2. The van der Waals surface area contributed by atoms with Gasteiger partial charge in [0.05, 0.1) is 6.54 Å². The van der Waals surface area contributed by atoms with Crippen LogP contribution in [-0.2, 0) is 11.3 Å². The molecule has 154 valence electrons. The lowest BCUT2D eigenvalue weighted by Crippen LogP contribution is -2.64. The second-order valence-corrected chi connectivity index (χ2v) is 8.36. The zero-order chi connectivity index (χ0) is 21.0. The molecule has 2 unspecified atom stereocenters. The summed E-state index contributed by atoms with van der Waals surface area (Å²) in [5, 5.41) is 0.579. The smallest absolute Gasteiger partial charge is 0.325 e. The summed E-state index contributed by atoms with van der Waals surface area (Å²) in [7, 11) is 1.71. The van der Waals surface area contributed by atoms with Crippen molar-refractivity contribution in [3.05, 3.63) is 64.7 Å². The van der Waals surface area contributed by atoms with Crippen molar-refractivity contribution in [2.24, 2.45) is 4.99 Å². The van der Waals surface area contributed by atoms with Crippen LogP contribution in [0.15, 0.2) is 53.5 Å². The molecule has 3 amide bonds. The first kappa shape index (κ1) is 18.9. The van der Waals surface area contributed by atoms with Crippen molar-refractivity contribution in [1.29, 1.82) is 0 Å². The number of carbonyl (C=O) groups excluding carboxylic acids is 2. The number of urea groups is 1. The van der Waals surface area contributed by atoms with Crippen LogP contribution in [-0.4, -0.2) is 64.9 Å². The first-order valence-electron chi connectivity index (χ1n) is 9.95. The maximum Gasteiger partial charge on any atom is 0.328 e. The quantitative estimate of drug-likeness (QED) is 0.761. The van der Waals surface area contributed by atoms with E-state index in [-0.39, 0.29) is 18.5 Å². The summed E-state index contributed by atoms with van der Waals surface area (Å²) in [5.41, 5.74) is 3.03. The minimum Gasteiger partial charge on any atom is -0.325 e. The van der Waals surface area contributed by atoms with E-state index >= 15 is 0 Å². The zero-order valence-electron chi connectivity index (χ0n) is 16.8. The lowest BCUT2D eigenvalue weighted by Gasteiger charge is -2.40. The molecule has 2 saturated heterocycles. The number of amides is 3. The minimum absolute atomic E-state index is 0.191. The molecule has 5 rings (SSSR count). The van der Waals surface area contributed by atoms with Gasteiger partial charge in [0, 0.05) is 30.8 Å². The van der Waals surface area contributed by atoms with Crippen LogP contribution in [0.25, 0.3) is 0 Å². The van der Waals surface area contributed by atoms with Gasteiger partial charge in [-0.2, -0.15) is 0 Å². The normalized spacial score (nSPS) is 23.1. The van der Waals surface area contributed by atoms with E-state index in [2.05, 4.69) is 24.0 Å². The molecule has 0 bridgehead atoms. The minimum atomic E-state index is -0.511. The number of rotatable bonds is 3. The van der Waals surface area contributed by atoms with Gasteiger partial charge in [0.1, 0.15) is 0 Å². The molecular weight excluding hydrogens is 402 g/mol. The third-order valence-electron chi connectivity index (χ3n) is 5.92. The highest BCUT2D eigenvalue weighted by atomic mass is 35.5. The maximum absolute atomic E-state index is 13.4. The van der Waals surface area contributed by atoms with E-state index in [1.165, 1.54) is 4.90 Å². The fourth-order valence-electron chi connectivity index (χ4n) is 4.44. The van der Waals surface area contributed by atoms with Crippen LogP contribution in [0.1, 0.15) is 11.1 Å². The largest absolute Gasteiger partial charge is 0.328 e. The average molecular weight is 424 g/mol. The predicted molar refractivity (Wildman–Crippen MR) is 115 cm³/mol. The van der Waals surface area contributed by atoms with Gasteiger partial charge in [-0.15, -0.1) is 0 Å². The van der Waals surface area contributed by atoms with Gasteiger partial charge in [0.15, 0.2) is 12.2 Å². The number of guanidine groups is 1. The number of aliphatic imine (C=N–C) groups is 1. The van der Waals surface area contributed by atoms with Crippen LogP contribution in [0.4, 0.5) is 10.5 Å². The molecule has 3 heterocycles. The van der Waals surface area contributed by atoms with Crippen molar-refractivity contribution in [3.8, 4) is 0 Å². The Kier molecular flexibility index (Phi) is 4.43. The first-order chi connectivity index (χ1) is 14.4. The number of anilines is 1. The van der Waals surface area contributed by atoms with Crippen molar-refractivity contribution in [1.82, 2.24) is 14.7 Å². The van der Waals surface area contributed by atoms with Crippen LogP contribution in [0, 0.1) is 6.92 Å². The molecule has 0 N–H and O–H groups in total. The Morgan fingerprint density at radius 2 is 1.90 bits per heavy atom. The SMILES string of the molecule is Cc1cccc(N2CCN3C2=NC2C3C(=O)N(Cc3cccc(Cl)c3)C(=O)N2C)c1. The third kappa shape index (κ3) is 2.92. The molecule has 8 heteroatoms. The van der Waals surface area contributed by atoms with Gasteiger partial charge in [-0.05, 0) is 42.3 Å². The molecule has 0 radical (unpaired) electrons. The summed E-state index contributed by atoms with van der Waals surface area (Å²) >= 11 is 6.08. The van der Waals surface area contributed by atoms with Crippen LogP contribution in [0.2, 0.25) is 5.02 Å². The maximum atomic E-state index is 13.4. The van der Waals surface area contributed by atoms with Gasteiger partial charge in [-0.3, -0.25) is 9.69 Å². The van der Waals surface area contributed by atoms with Crippen LogP contribution < -0.4 is 4.90 Å². The fourth-order valence-corrected chi connectivity index (χ4v) is 4.65. The molecule has 30 heavy (non-hydrogen) atoms. The Labute approximate surface area is 180 Å². The third-order valence-corrected chi connectivity index (χ3v) is 6.16. The fraction of sp³-hybridized carbons (Fsp3) is 0.318. The second-order valence-electron chi connectivity index (χ2n) is 7.92. The summed E-state index contributed by atoms with van der Waals surface area (Å²) in [6, 6.07) is 14.6. The highest BCUT2D eigenvalue weighted by Crippen LogP contribution is 2.34. The number of carbonyl (C=O) groups is 2. The highest BCUT2D eigenvalue weighted by Gasteiger charge is 2.54. The Bertz CT molecular complexity index is 1070. The number of halogens is 1. The molecule has 2 fully saturated rings. The Morgan fingerprint density at radius 1 is 1.10 bits per heavy atom. The first-order valence-corrected chi connectivity index (χ1v) is 10.3. The molecule has 2 aromatic rings. The summed E-state index contributed by atoms with van der Waals surface area (Å²) < 4.78 is 0. The van der Waals surface area contributed by atoms with Crippen molar-refractivity contribution in [2.45, 2.75) is 25.7 Å². The molecule has 0 spiro atoms. The summed E-state index contributed by atoms with van der Waals surface area (Å²) in [6.45, 7) is 3.69. The van der Waals surface area contributed by atoms with Crippen LogP contribution in [0.5, 0.6) is 0 Å². The molecule has 2 aromatic carbocycles. The van der Waals surface area contributed by atoms with E-state index < -0.39 is 12.2 Å². The lowest BCUT2D eigenvalue weighted by molar-refractivity contribution is -0.137. The second kappa shape index (κ2) is 7.02. The standard InChI is InChI=1S/C22H22ClN5O2/c1-14-5-3-8-17(11-14)26-9-10-27-18-19(24-21(26)27)25(2)22(30)28(20(18)29)13-15-6-4-7-16(23)12-15/h3-8,11-12,18-19H,9-10,13H2,1-2H3. The number of aryl methyl sites for hydroxylation is 1. The lowest BCUT2D eigenvalue weighted by atomic mass is 10.1. The van der Waals surface area contributed by atoms with Crippen molar-refractivity contribution < 1.29 is 9.59 Å². The molecule has 0 saturated carbocycles. The number of likely N-dealkylation sites (N-methyl/N-ethyl adjacent to an activating group) is 1. The molecule has 3 aliphatic heterocycles. The van der Waals surface area contributed by atoms with E-state index in [0.29, 0.717) is 11.6 Å². The molecule has 3 aliphatic rings. The summed E-state index contributed by atoms with van der Waals surface area (Å²) in [5.74, 6) is 0.543. The van der Waals surface area contributed by atoms with E-state index in [9.17, 15) is 9.59 Å². The van der Waals surface area contributed by atoms with Crippen LogP contribution >= 0.6 is 11.6 Å². The molecule has 0 aromatic heterocycles. The topological polar surface area (TPSA) is 59.5 Å². The van der Waals surface area contributed by atoms with E-state index in [1.807, 2.05) is 29.2 Å². The Hall–Kier alpha value is -3.06. The number of hydrogen-bond acceptors (Lipinski definition) is 5. The molecule has 0 aliphatic carbocycles. The summed E-state index contributed by atoms with van der Waals surface area (Å²) in [6.07, 6.45) is -0.511. The zero-order valence-corrected chi connectivity index (χ0v) is 17.6. The molecule has 7 nitrogen and oxygen atoms in total. The monoisotopic (exact) mass is 423 g/mol. The van der Waals surface area contributed by atoms with E-state index in [4.69, 9.17) is 16.6 Å². The summed E-state index contributed by atoms with van der Waals surface area (Å²) in [4.78, 5) is 38.2. The van der Waals surface area contributed by atoms with Crippen molar-refractivity contribution in [2.75, 3.05) is 25.0 Å².